The minimum Gasteiger partial charge on any atom is -1.00 e. The van der Waals surface area contributed by atoms with Gasteiger partial charge in [0, 0.05) is 0 Å². The molecule has 7 heteroatoms. The standard InChI is InChI=1S/BO3.ClH.2Ni/c2-1(3)4;;;/h;1H;;/q-3;;2*+2/p-1. The van der Waals surface area contributed by atoms with E-state index in [0.717, 1.165) is 0 Å². The normalized spacial score (nSPS) is 3.86. The fraction of sp³-hybridized carbons (Fsp3) is 0. The maximum atomic E-state index is 8.42. The van der Waals surface area contributed by atoms with Gasteiger partial charge in [-0.05, 0) is 0 Å². The minimum absolute atomic E-state index is 0. The molecule has 0 saturated carbocycles. The predicted molar refractivity (Wildman–Crippen MR) is 5.75 cm³/mol. The van der Waals surface area contributed by atoms with Crippen LogP contribution in [-0.2, 0) is 33.0 Å². The summed E-state index contributed by atoms with van der Waals surface area (Å²) in [6.07, 6.45) is 0. The Labute approximate surface area is 67.9 Å². The Hall–Kier alpha value is 1.22. The molecule has 7 heavy (non-hydrogen) atoms. The third-order valence-electron chi connectivity index (χ3n) is 0. The Kier molecular flexibility index (Phi) is 53.9. The summed E-state index contributed by atoms with van der Waals surface area (Å²) in [4.78, 5) is 0. The first-order valence-electron chi connectivity index (χ1n) is 0.707. The summed E-state index contributed by atoms with van der Waals surface area (Å²) in [6.45, 7) is 0. The summed E-state index contributed by atoms with van der Waals surface area (Å²) >= 11 is 0. The topological polar surface area (TPSA) is 69.2 Å². The first kappa shape index (κ1) is 24.1. The summed E-state index contributed by atoms with van der Waals surface area (Å²) in [7, 11) is -2.92. The largest absolute Gasteiger partial charge is 2.00 e. The van der Waals surface area contributed by atoms with E-state index in [0.29, 0.717) is 0 Å². The Morgan fingerprint density at radius 2 is 0.857 bits per heavy atom. The van der Waals surface area contributed by atoms with Gasteiger partial charge >= 0.3 is 33.0 Å². The first-order chi connectivity index (χ1) is 1.73. The van der Waals surface area contributed by atoms with E-state index in [4.69, 9.17) is 15.1 Å². The summed E-state index contributed by atoms with van der Waals surface area (Å²) < 4.78 is 0. The molecule has 0 atom stereocenters. The van der Waals surface area contributed by atoms with Gasteiger partial charge in [-0.2, -0.15) is 0 Å². The molecular formula is BClNi2O3. The molecule has 0 aromatic carbocycles. The maximum Gasteiger partial charge on any atom is 2.00 e. The van der Waals surface area contributed by atoms with Gasteiger partial charge in [-0.25, -0.2) is 0 Å². The van der Waals surface area contributed by atoms with Crippen molar-refractivity contribution < 1.29 is 60.5 Å². The first-order valence-corrected chi connectivity index (χ1v) is 0.707. The van der Waals surface area contributed by atoms with E-state index in [1.807, 2.05) is 0 Å². The molecule has 0 saturated heterocycles. The zero-order valence-electron chi connectivity index (χ0n) is 2.81. The second kappa shape index (κ2) is 15.7. The molecule has 0 rings (SSSR count). The number of hydrogen-bond donors (Lipinski definition) is 0. The molecule has 0 N–H and O–H groups in total. The smallest absolute Gasteiger partial charge is 1.00 e. The maximum absolute atomic E-state index is 8.42. The van der Waals surface area contributed by atoms with Crippen molar-refractivity contribution in [2.45, 2.75) is 0 Å². The third kappa shape index (κ3) is 132. The van der Waals surface area contributed by atoms with Crippen LogP contribution in [0, 0.1) is 0 Å². The Bertz CT molecular complexity index is 17.7. The van der Waals surface area contributed by atoms with Crippen LogP contribution in [-0.4, -0.2) is 7.32 Å². The van der Waals surface area contributed by atoms with Crippen LogP contribution in [0.1, 0.15) is 0 Å². The molecule has 48 valence electrons. The molecule has 3 nitrogen and oxygen atoms in total. The molecule has 0 heterocycles. The molecule has 0 aliphatic carbocycles. The van der Waals surface area contributed by atoms with Gasteiger partial charge in [-0.1, -0.05) is 0 Å². The second-order valence-corrected chi connectivity index (χ2v) is 0.289. The van der Waals surface area contributed by atoms with Gasteiger partial charge < -0.3 is 27.5 Å². The molecule has 0 aliphatic rings. The fourth-order valence-corrected chi connectivity index (χ4v) is 0. The van der Waals surface area contributed by atoms with Crippen molar-refractivity contribution >= 4 is 7.32 Å². The zero-order valence-corrected chi connectivity index (χ0v) is 5.54. The van der Waals surface area contributed by atoms with Crippen LogP contribution < -0.4 is 27.5 Å². The van der Waals surface area contributed by atoms with E-state index < -0.39 is 7.32 Å². The van der Waals surface area contributed by atoms with Crippen molar-refractivity contribution in [1.29, 1.82) is 0 Å². The van der Waals surface area contributed by atoms with Gasteiger partial charge in [0.2, 0.25) is 0 Å². The molecule has 0 amide bonds. The minimum atomic E-state index is -2.92. The second-order valence-electron chi connectivity index (χ2n) is 0.289. The van der Waals surface area contributed by atoms with Crippen molar-refractivity contribution in [1.82, 2.24) is 0 Å². The average Bonchev–Trinajstić information content (AvgIpc) is 0.811. The Morgan fingerprint density at radius 3 is 0.857 bits per heavy atom. The quantitative estimate of drug-likeness (QED) is 0.374. The molecule has 0 radical (unpaired) electrons. The van der Waals surface area contributed by atoms with Crippen molar-refractivity contribution in [3.8, 4) is 0 Å². The Balaban J connectivity index is -0.0000000150. The molecule has 0 bridgehead atoms. The summed E-state index contributed by atoms with van der Waals surface area (Å²) in [5, 5.41) is 25.2. The number of hydrogen-bond acceptors (Lipinski definition) is 3. The van der Waals surface area contributed by atoms with Crippen LogP contribution in [0.4, 0.5) is 0 Å². The molecule has 0 unspecified atom stereocenters. The van der Waals surface area contributed by atoms with Crippen molar-refractivity contribution in [2.75, 3.05) is 0 Å². The van der Waals surface area contributed by atoms with Crippen LogP contribution in [0.3, 0.4) is 0 Å². The molecular weight excluding hydrogens is 212 g/mol. The SMILES string of the molecule is [Cl-].[Ni+2].[Ni+2].[O-]B([O-])[O-]. The average molecular weight is 212 g/mol. The van der Waals surface area contributed by atoms with Gasteiger partial charge in [0.1, 0.15) is 0 Å². The van der Waals surface area contributed by atoms with Gasteiger partial charge in [-0.15, -0.1) is 0 Å². The summed E-state index contributed by atoms with van der Waals surface area (Å²) in [5.74, 6) is 0. The fourth-order valence-electron chi connectivity index (χ4n) is 0. The van der Waals surface area contributed by atoms with Crippen LogP contribution in [0.15, 0.2) is 0 Å². The van der Waals surface area contributed by atoms with Crippen LogP contribution in [0.25, 0.3) is 0 Å². The molecule has 0 aromatic rings. The van der Waals surface area contributed by atoms with E-state index in [1.54, 1.807) is 0 Å². The number of rotatable bonds is 0. The molecule has 0 aromatic heterocycles. The monoisotopic (exact) mass is 210 g/mol. The van der Waals surface area contributed by atoms with Crippen molar-refractivity contribution in [3.05, 3.63) is 0 Å². The van der Waals surface area contributed by atoms with E-state index in [2.05, 4.69) is 0 Å². The predicted octanol–water partition coefficient (Wildman–Crippen LogP) is -6.95. The Morgan fingerprint density at radius 1 is 0.857 bits per heavy atom. The number of halogens is 1. The van der Waals surface area contributed by atoms with Gasteiger partial charge in [-0.3, -0.25) is 7.32 Å². The molecule has 0 spiro atoms. The third-order valence-corrected chi connectivity index (χ3v) is 0. The van der Waals surface area contributed by atoms with Gasteiger partial charge in [0.05, 0.1) is 0 Å². The van der Waals surface area contributed by atoms with E-state index in [-0.39, 0.29) is 45.4 Å². The molecule has 0 aliphatic heterocycles. The van der Waals surface area contributed by atoms with E-state index >= 15 is 0 Å². The summed E-state index contributed by atoms with van der Waals surface area (Å²) in [6, 6.07) is 0. The van der Waals surface area contributed by atoms with E-state index in [1.165, 1.54) is 0 Å². The molecule has 0 fully saturated rings. The zero-order chi connectivity index (χ0) is 3.58. The van der Waals surface area contributed by atoms with E-state index in [9.17, 15) is 0 Å². The van der Waals surface area contributed by atoms with Crippen LogP contribution >= 0.6 is 0 Å². The van der Waals surface area contributed by atoms with Crippen LogP contribution in [0.2, 0.25) is 0 Å². The van der Waals surface area contributed by atoms with Gasteiger partial charge in [0.15, 0.2) is 0 Å². The van der Waals surface area contributed by atoms with Crippen molar-refractivity contribution in [2.24, 2.45) is 0 Å². The van der Waals surface area contributed by atoms with Gasteiger partial charge in [0.25, 0.3) is 0 Å². The summed E-state index contributed by atoms with van der Waals surface area (Å²) in [5.41, 5.74) is 0. The van der Waals surface area contributed by atoms with Crippen molar-refractivity contribution in [3.63, 3.8) is 0 Å². The van der Waals surface area contributed by atoms with Crippen LogP contribution in [0.5, 0.6) is 0 Å².